The number of carboxylic acids is 4. The fourth-order valence-electron chi connectivity index (χ4n) is 2.32. The first-order chi connectivity index (χ1) is 17.3. The third-order valence-corrected chi connectivity index (χ3v) is 4.51. The number of aliphatic hydroxyl groups excluding tert-OH is 9. The van der Waals surface area contributed by atoms with E-state index in [4.69, 9.17) is 46.0 Å². The van der Waals surface area contributed by atoms with Gasteiger partial charge in [-0.1, -0.05) is 0 Å². The molecular weight excluding hydrogens is 576 g/mol. The second kappa shape index (κ2) is 19.3. The Kier molecular flexibility index (Phi) is 20.6. The van der Waals surface area contributed by atoms with Crippen molar-refractivity contribution < 1.29 is 100 Å². The van der Waals surface area contributed by atoms with Gasteiger partial charge in [-0.15, -0.1) is 0 Å². The van der Waals surface area contributed by atoms with Crippen LogP contribution in [0.5, 0.6) is 0 Å². The predicted octanol–water partition coefficient (Wildman–Crippen LogP) is -10.8. The molecule has 9 atom stereocenters. The van der Waals surface area contributed by atoms with Crippen LogP contribution in [-0.2, 0) is 28.7 Å². The Balaban J connectivity index is -0.000000783. The first-order valence-electron chi connectivity index (χ1n) is 10.0. The minimum Gasteiger partial charge on any atom is -0.547 e. The van der Waals surface area contributed by atoms with Gasteiger partial charge >= 0.3 is 55.6 Å². The normalized spacial score (nSPS) is 18.5. The third-order valence-electron chi connectivity index (χ3n) is 4.51. The van der Waals surface area contributed by atoms with E-state index in [1.54, 1.807) is 0 Å². The second-order valence-electron chi connectivity index (χ2n) is 7.54. The molecule has 0 aliphatic rings. The largest absolute Gasteiger partial charge is 2.00 e. The number of carbonyl (C=O) groups excluding carboxylic acids is 3. The standard InChI is InChI=1S/C12H18O13.C6H12O7.Ca/c13-3-4(14)7(18)8(19)9(10(20)21)25-6(17)2-12(24,11(22)23)1-5(15)16;7-1-2(8)3(9)4(10)5(11)6(12)13;/h4,7-9,13-14,18-19,24H,1-3H2,(H,15,16)(H,20,21)(H,22,23);2-5,7-11H,1H2,(H,12,13);/q;;+2/p-2/t4-,7-,8+,9-,12?;2-,3-,4+,5-;/m11./s1. The van der Waals surface area contributed by atoms with Crippen LogP contribution >= 0.6 is 0 Å². The van der Waals surface area contributed by atoms with Crippen LogP contribution in [0.1, 0.15) is 12.8 Å². The number of esters is 1. The van der Waals surface area contributed by atoms with Gasteiger partial charge in [0, 0.05) is 0 Å². The van der Waals surface area contributed by atoms with E-state index in [2.05, 4.69) is 4.74 Å². The molecular formula is C18H28CaO20. The minimum atomic E-state index is -3.12. The minimum absolute atomic E-state index is 0. The van der Waals surface area contributed by atoms with Gasteiger partial charge in [-0.25, -0.2) is 4.79 Å². The summed E-state index contributed by atoms with van der Waals surface area (Å²) in [6, 6.07) is 0. The molecule has 0 rings (SSSR count). The van der Waals surface area contributed by atoms with Gasteiger partial charge in [0.05, 0.1) is 38.0 Å². The van der Waals surface area contributed by atoms with Crippen LogP contribution in [0.25, 0.3) is 0 Å². The molecule has 0 radical (unpaired) electrons. The maximum absolute atomic E-state index is 11.6. The monoisotopic (exact) mass is 604 g/mol. The summed E-state index contributed by atoms with van der Waals surface area (Å²) in [5.41, 5.74) is -3.12. The van der Waals surface area contributed by atoms with Gasteiger partial charge in [0.25, 0.3) is 0 Å². The Labute approximate surface area is 247 Å². The van der Waals surface area contributed by atoms with Crippen LogP contribution in [0.3, 0.4) is 0 Å². The molecule has 1 unspecified atom stereocenters. The molecule has 20 nitrogen and oxygen atoms in total. The van der Waals surface area contributed by atoms with Crippen molar-refractivity contribution >= 4 is 67.6 Å². The van der Waals surface area contributed by atoms with Gasteiger partial charge in [0.1, 0.15) is 42.7 Å². The van der Waals surface area contributed by atoms with Crippen molar-refractivity contribution in [2.24, 2.45) is 0 Å². The first kappa shape index (κ1) is 41.7. The van der Waals surface area contributed by atoms with Crippen LogP contribution in [0, 0.1) is 0 Å². The number of ether oxygens (including phenoxy) is 1. The quantitative estimate of drug-likeness (QED) is 0.0574. The van der Waals surface area contributed by atoms with Crippen molar-refractivity contribution in [1.82, 2.24) is 0 Å². The zero-order chi connectivity index (χ0) is 30.5. The van der Waals surface area contributed by atoms with Crippen LogP contribution in [0.2, 0.25) is 0 Å². The molecule has 0 fully saturated rings. The van der Waals surface area contributed by atoms with Gasteiger partial charge in [-0.05, 0) is 0 Å². The van der Waals surface area contributed by atoms with E-state index in [0.717, 1.165) is 0 Å². The van der Waals surface area contributed by atoms with E-state index in [1.807, 2.05) is 0 Å². The number of aliphatic hydroxyl groups is 10. The van der Waals surface area contributed by atoms with Crippen molar-refractivity contribution in [1.29, 1.82) is 0 Å². The average Bonchev–Trinajstić information content (AvgIpc) is 2.83. The predicted molar refractivity (Wildman–Crippen MR) is 111 cm³/mol. The first-order valence-corrected chi connectivity index (χ1v) is 10.0. The molecule has 39 heavy (non-hydrogen) atoms. The maximum atomic E-state index is 11.6. The molecule has 0 aromatic heterocycles. The van der Waals surface area contributed by atoms with E-state index in [9.17, 15) is 49.5 Å². The average molecular weight is 604 g/mol. The van der Waals surface area contributed by atoms with Crippen molar-refractivity contribution in [2.45, 2.75) is 67.3 Å². The van der Waals surface area contributed by atoms with Gasteiger partial charge in [0.2, 0.25) is 0 Å². The summed E-state index contributed by atoms with van der Waals surface area (Å²) in [5.74, 6) is -9.85. The van der Waals surface area contributed by atoms with E-state index >= 15 is 0 Å². The third kappa shape index (κ3) is 14.4. The van der Waals surface area contributed by atoms with Gasteiger partial charge in [-0.2, -0.15) is 0 Å². The summed E-state index contributed by atoms with van der Waals surface area (Å²) >= 11 is 0. The number of hydrogen-bond acceptors (Lipinski definition) is 18. The fraction of sp³-hybridized carbons (Fsp3) is 0.722. The zero-order valence-corrected chi connectivity index (χ0v) is 22.0. The Morgan fingerprint density at radius 2 is 1.10 bits per heavy atom. The Bertz CT molecular complexity index is 808. The number of hydrogen-bond donors (Lipinski definition) is 12. The van der Waals surface area contributed by atoms with Crippen molar-refractivity contribution in [3.8, 4) is 0 Å². The van der Waals surface area contributed by atoms with Crippen LogP contribution in [0.15, 0.2) is 0 Å². The molecule has 12 N–H and O–H groups in total. The summed E-state index contributed by atoms with van der Waals surface area (Å²) in [6.07, 6.45) is -20.4. The van der Waals surface area contributed by atoms with E-state index in [1.165, 1.54) is 0 Å². The fourth-order valence-corrected chi connectivity index (χ4v) is 2.32. The molecule has 0 saturated heterocycles. The van der Waals surface area contributed by atoms with E-state index in [0.29, 0.717) is 0 Å². The molecule has 0 aromatic rings. The summed E-state index contributed by atoms with van der Waals surface area (Å²) in [5, 5.41) is 128. The summed E-state index contributed by atoms with van der Waals surface area (Å²) < 4.78 is 4.20. The molecule has 0 aliphatic heterocycles. The molecule has 0 spiro atoms. The Hall–Kier alpha value is -1.79. The topological polar surface area (TPSA) is 383 Å². The maximum Gasteiger partial charge on any atom is 2.00 e. The molecule has 0 aliphatic carbocycles. The van der Waals surface area contributed by atoms with Crippen LogP contribution < -0.4 is 10.2 Å². The molecule has 0 aromatic carbocycles. The summed E-state index contributed by atoms with van der Waals surface area (Å²) in [6.45, 7) is -1.94. The second-order valence-corrected chi connectivity index (χ2v) is 7.54. The number of aliphatic carboxylic acids is 4. The van der Waals surface area contributed by atoms with Crippen LogP contribution in [-0.4, -0.2) is 197 Å². The van der Waals surface area contributed by atoms with Gasteiger partial charge < -0.3 is 85.8 Å². The number of carbonyl (C=O) groups is 5. The Morgan fingerprint density at radius 1 is 0.692 bits per heavy atom. The Morgan fingerprint density at radius 3 is 1.41 bits per heavy atom. The van der Waals surface area contributed by atoms with E-state index in [-0.39, 0.29) is 37.7 Å². The van der Waals surface area contributed by atoms with Crippen molar-refractivity contribution in [3.05, 3.63) is 0 Å². The van der Waals surface area contributed by atoms with E-state index < -0.39 is 110 Å². The smallest absolute Gasteiger partial charge is 0.547 e. The molecule has 222 valence electrons. The van der Waals surface area contributed by atoms with Gasteiger partial charge in [0.15, 0.2) is 11.7 Å². The molecule has 21 heteroatoms. The molecule has 0 saturated carbocycles. The summed E-state index contributed by atoms with van der Waals surface area (Å²) in [4.78, 5) is 53.9. The van der Waals surface area contributed by atoms with Crippen molar-refractivity contribution in [2.75, 3.05) is 13.2 Å². The SMILES string of the molecule is O=C(O)CC(O)(CC(=O)O[C@@H](C(=O)[O-])[C@@H](O)[C@H](O)[C@H](O)CO)C(=O)O.O=C([O-])[C@H](O)[C@@H](O)[C@H](O)[C@H](O)CO.[Ca+2]. The zero-order valence-electron chi connectivity index (χ0n) is 19.8. The molecule has 0 bridgehead atoms. The van der Waals surface area contributed by atoms with Gasteiger partial charge in [-0.3, -0.25) is 9.59 Å². The number of carboxylic acid groups (broad SMARTS) is 4. The van der Waals surface area contributed by atoms with Crippen LogP contribution in [0.4, 0.5) is 0 Å². The number of rotatable bonds is 16. The van der Waals surface area contributed by atoms with Crippen molar-refractivity contribution in [3.63, 3.8) is 0 Å². The summed E-state index contributed by atoms with van der Waals surface area (Å²) in [7, 11) is 0. The molecule has 0 amide bonds. The molecule has 0 heterocycles.